The van der Waals surface area contributed by atoms with E-state index in [4.69, 9.17) is 0 Å². The molecule has 1 aromatic heterocycles. The van der Waals surface area contributed by atoms with Gasteiger partial charge in [-0.25, -0.2) is 9.48 Å². The number of carbonyl (C=O) groups excluding carboxylic acids is 2. The highest BCUT2D eigenvalue weighted by Crippen LogP contribution is 2.24. The van der Waals surface area contributed by atoms with Crippen molar-refractivity contribution in [2.75, 3.05) is 0 Å². The predicted octanol–water partition coefficient (Wildman–Crippen LogP) is -0.283. The predicted molar refractivity (Wildman–Crippen MR) is 63.2 cm³/mol. The van der Waals surface area contributed by atoms with E-state index in [2.05, 4.69) is 26.2 Å². The second-order valence-corrected chi connectivity index (χ2v) is 4.33. The molecule has 1 aliphatic heterocycles. The van der Waals surface area contributed by atoms with E-state index in [1.165, 1.54) is 11.0 Å². The minimum absolute atomic E-state index is 0.368. The fraction of sp³-hybridized carbons (Fsp3) is 0.182. The molecule has 1 fully saturated rings. The van der Waals surface area contributed by atoms with Crippen LogP contribution in [0.1, 0.15) is 12.5 Å². The summed E-state index contributed by atoms with van der Waals surface area (Å²) in [7, 11) is 0. The molecule has 1 atom stereocenters. The van der Waals surface area contributed by atoms with Crippen LogP contribution in [0, 0.1) is 0 Å². The van der Waals surface area contributed by atoms with Gasteiger partial charge in [0, 0.05) is 0 Å². The van der Waals surface area contributed by atoms with Crippen molar-refractivity contribution in [3.8, 4) is 5.69 Å². The van der Waals surface area contributed by atoms with Gasteiger partial charge in [-0.15, -0.1) is 5.10 Å². The lowest BCUT2D eigenvalue weighted by Gasteiger charge is -2.21. The zero-order chi connectivity index (χ0) is 13.5. The van der Waals surface area contributed by atoms with Crippen LogP contribution in [0.5, 0.6) is 0 Å². The Morgan fingerprint density at radius 3 is 2.47 bits per heavy atom. The van der Waals surface area contributed by atoms with Crippen molar-refractivity contribution >= 4 is 11.9 Å². The summed E-state index contributed by atoms with van der Waals surface area (Å²) in [6.45, 7) is 1.65. The summed E-state index contributed by atoms with van der Waals surface area (Å²) in [5, 5.41) is 15.7. The Balaban J connectivity index is 1.95. The monoisotopic (exact) mass is 258 g/mol. The van der Waals surface area contributed by atoms with Gasteiger partial charge in [0.15, 0.2) is 0 Å². The first-order valence-electron chi connectivity index (χ1n) is 5.57. The quantitative estimate of drug-likeness (QED) is 0.721. The molecule has 2 N–H and O–H groups in total. The molecule has 0 unspecified atom stereocenters. The molecule has 1 aliphatic rings. The third-order valence-corrected chi connectivity index (χ3v) is 3.10. The average molecular weight is 258 g/mol. The Labute approximate surface area is 107 Å². The number of tetrazole rings is 1. The lowest BCUT2D eigenvalue weighted by molar-refractivity contribution is -0.123. The lowest BCUT2D eigenvalue weighted by Crippen LogP contribution is -2.40. The molecule has 8 nitrogen and oxygen atoms in total. The zero-order valence-corrected chi connectivity index (χ0v) is 9.99. The number of hydrogen-bond donors (Lipinski definition) is 2. The molecule has 3 rings (SSSR count). The van der Waals surface area contributed by atoms with Crippen LogP contribution in [0.25, 0.3) is 5.69 Å². The van der Waals surface area contributed by atoms with Crippen LogP contribution in [-0.2, 0) is 10.3 Å². The first-order valence-corrected chi connectivity index (χ1v) is 5.57. The average Bonchev–Trinajstić information content (AvgIpc) is 2.99. The molecule has 0 spiro atoms. The van der Waals surface area contributed by atoms with E-state index in [-0.39, 0.29) is 5.91 Å². The lowest BCUT2D eigenvalue weighted by atomic mass is 9.92. The van der Waals surface area contributed by atoms with Gasteiger partial charge >= 0.3 is 6.03 Å². The van der Waals surface area contributed by atoms with E-state index in [9.17, 15) is 9.59 Å². The van der Waals surface area contributed by atoms with E-state index in [1.807, 2.05) is 0 Å². The second kappa shape index (κ2) is 3.87. The van der Waals surface area contributed by atoms with E-state index >= 15 is 0 Å². The fourth-order valence-corrected chi connectivity index (χ4v) is 1.97. The summed E-state index contributed by atoms with van der Waals surface area (Å²) in [6.07, 6.45) is 1.47. The standard InChI is InChI=1S/C11H10N6O2/c1-11(9(18)13-10(19)14-11)7-2-4-8(5-3-7)17-6-12-15-16-17/h2-6H,1H3,(H2,13,14,18,19)/t11-/m1/s1. The van der Waals surface area contributed by atoms with Crippen LogP contribution in [0.15, 0.2) is 30.6 Å². The molecule has 2 heterocycles. The third kappa shape index (κ3) is 1.73. The van der Waals surface area contributed by atoms with Gasteiger partial charge in [-0.2, -0.15) is 0 Å². The minimum Gasteiger partial charge on any atom is -0.320 e. The highest BCUT2D eigenvalue weighted by Gasteiger charge is 2.43. The van der Waals surface area contributed by atoms with Gasteiger partial charge < -0.3 is 5.32 Å². The SMILES string of the molecule is C[C@]1(c2ccc(-n3cnnn3)cc2)NC(=O)NC1=O. The van der Waals surface area contributed by atoms with Crippen molar-refractivity contribution < 1.29 is 9.59 Å². The van der Waals surface area contributed by atoms with E-state index in [0.29, 0.717) is 5.56 Å². The van der Waals surface area contributed by atoms with Gasteiger partial charge in [-0.1, -0.05) is 12.1 Å². The van der Waals surface area contributed by atoms with Crippen LogP contribution in [0.3, 0.4) is 0 Å². The van der Waals surface area contributed by atoms with E-state index < -0.39 is 11.6 Å². The number of nitrogens with zero attached hydrogens (tertiary/aromatic N) is 4. The second-order valence-electron chi connectivity index (χ2n) is 4.33. The number of imide groups is 1. The van der Waals surface area contributed by atoms with E-state index in [1.54, 1.807) is 31.2 Å². The largest absolute Gasteiger partial charge is 0.322 e. The first-order chi connectivity index (χ1) is 9.09. The maximum atomic E-state index is 11.8. The summed E-state index contributed by atoms with van der Waals surface area (Å²) in [6, 6.07) is 6.56. The molecule has 8 heteroatoms. The number of benzene rings is 1. The molecule has 0 bridgehead atoms. The summed E-state index contributed by atoms with van der Waals surface area (Å²) in [4.78, 5) is 23.0. The highest BCUT2D eigenvalue weighted by atomic mass is 16.2. The molecule has 19 heavy (non-hydrogen) atoms. The molecule has 0 radical (unpaired) electrons. The molecular formula is C11H10N6O2. The van der Waals surface area contributed by atoms with Crippen molar-refractivity contribution in [3.05, 3.63) is 36.2 Å². The number of nitrogens with one attached hydrogen (secondary N) is 2. The Morgan fingerprint density at radius 2 is 1.95 bits per heavy atom. The molecular weight excluding hydrogens is 248 g/mol. The Morgan fingerprint density at radius 1 is 1.21 bits per heavy atom. The van der Waals surface area contributed by atoms with Crippen LogP contribution in [-0.4, -0.2) is 32.1 Å². The highest BCUT2D eigenvalue weighted by molar-refractivity contribution is 6.07. The van der Waals surface area contributed by atoms with Gasteiger partial charge in [0.1, 0.15) is 11.9 Å². The minimum atomic E-state index is -1.05. The van der Waals surface area contributed by atoms with Crippen LogP contribution in [0.4, 0.5) is 4.79 Å². The number of aromatic nitrogens is 4. The van der Waals surface area contributed by atoms with Crippen molar-refractivity contribution in [1.29, 1.82) is 0 Å². The van der Waals surface area contributed by atoms with Gasteiger partial charge in [0.05, 0.1) is 5.69 Å². The molecule has 96 valence electrons. The maximum Gasteiger partial charge on any atom is 0.322 e. The van der Waals surface area contributed by atoms with Gasteiger partial charge in [-0.3, -0.25) is 10.1 Å². The van der Waals surface area contributed by atoms with Crippen LogP contribution >= 0.6 is 0 Å². The number of rotatable bonds is 2. The first kappa shape index (κ1) is 11.3. The zero-order valence-electron chi connectivity index (χ0n) is 9.99. The summed E-state index contributed by atoms with van der Waals surface area (Å²) in [5.74, 6) is -0.368. The molecule has 3 amide bonds. The van der Waals surface area contributed by atoms with Gasteiger partial charge in [-0.05, 0) is 35.0 Å². The summed E-state index contributed by atoms with van der Waals surface area (Å²) in [5.41, 5.74) is 0.408. The number of hydrogen-bond acceptors (Lipinski definition) is 5. The molecule has 1 saturated heterocycles. The fourth-order valence-electron chi connectivity index (χ4n) is 1.97. The number of urea groups is 1. The van der Waals surface area contributed by atoms with Gasteiger partial charge in [0.25, 0.3) is 5.91 Å². The normalized spacial score (nSPS) is 22.2. The smallest absolute Gasteiger partial charge is 0.320 e. The topological polar surface area (TPSA) is 102 Å². The molecule has 0 aliphatic carbocycles. The van der Waals surface area contributed by atoms with Crippen LogP contribution < -0.4 is 10.6 Å². The van der Waals surface area contributed by atoms with Gasteiger partial charge in [0.2, 0.25) is 0 Å². The summed E-state index contributed by atoms with van der Waals surface area (Å²) >= 11 is 0. The molecule has 2 aromatic rings. The Hall–Kier alpha value is -2.77. The molecule has 0 saturated carbocycles. The van der Waals surface area contributed by atoms with Crippen molar-refractivity contribution in [2.45, 2.75) is 12.5 Å². The molecule has 1 aromatic carbocycles. The van der Waals surface area contributed by atoms with Crippen molar-refractivity contribution in [3.63, 3.8) is 0 Å². The van der Waals surface area contributed by atoms with Crippen molar-refractivity contribution in [2.24, 2.45) is 0 Å². The van der Waals surface area contributed by atoms with Crippen molar-refractivity contribution in [1.82, 2.24) is 30.8 Å². The maximum absolute atomic E-state index is 11.8. The van der Waals surface area contributed by atoms with Crippen LogP contribution in [0.2, 0.25) is 0 Å². The summed E-state index contributed by atoms with van der Waals surface area (Å²) < 4.78 is 1.50. The number of carbonyl (C=O) groups is 2. The third-order valence-electron chi connectivity index (χ3n) is 3.10. The Bertz CT molecular complexity index is 636. The Kier molecular flexibility index (Phi) is 2.31. The number of amides is 3. The van der Waals surface area contributed by atoms with E-state index in [0.717, 1.165) is 5.69 Å².